The molecule has 1 fully saturated rings. The summed E-state index contributed by atoms with van der Waals surface area (Å²) >= 11 is 0. The summed E-state index contributed by atoms with van der Waals surface area (Å²) in [6.07, 6.45) is 1.76. The second-order valence-electron chi connectivity index (χ2n) is 4.36. The molecular formula is C12H18N2O4S. The van der Waals surface area contributed by atoms with Gasteiger partial charge in [0, 0.05) is 19.2 Å². The molecule has 106 valence electrons. The molecule has 0 aromatic heterocycles. The van der Waals surface area contributed by atoms with Crippen molar-refractivity contribution < 1.29 is 17.9 Å². The average molecular weight is 286 g/mol. The van der Waals surface area contributed by atoms with E-state index in [1.54, 1.807) is 0 Å². The van der Waals surface area contributed by atoms with Gasteiger partial charge >= 0.3 is 0 Å². The van der Waals surface area contributed by atoms with Gasteiger partial charge in [0.2, 0.25) is 10.0 Å². The number of anilines is 1. The Bertz CT molecular complexity index is 565. The maximum Gasteiger partial charge on any atom is 0.246 e. The predicted octanol–water partition coefficient (Wildman–Crippen LogP) is 1.07. The van der Waals surface area contributed by atoms with Crippen LogP contribution in [0.4, 0.5) is 5.69 Å². The van der Waals surface area contributed by atoms with Gasteiger partial charge < -0.3 is 15.2 Å². The highest BCUT2D eigenvalue weighted by Gasteiger charge is 2.30. The first-order chi connectivity index (χ1) is 9.00. The van der Waals surface area contributed by atoms with Crippen LogP contribution in [0.15, 0.2) is 17.0 Å². The van der Waals surface area contributed by atoms with Crippen molar-refractivity contribution in [1.29, 1.82) is 0 Å². The van der Waals surface area contributed by atoms with E-state index in [2.05, 4.69) is 0 Å². The minimum atomic E-state index is -3.56. The van der Waals surface area contributed by atoms with Gasteiger partial charge in [-0.2, -0.15) is 4.31 Å². The van der Waals surface area contributed by atoms with Gasteiger partial charge in [-0.3, -0.25) is 0 Å². The van der Waals surface area contributed by atoms with E-state index in [1.807, 2.05) is 0 Å². The van der Waals surface area contributed by atoms with Crippen LogP contribution in [0.3, 0.4) is 0 Å². The molecular weight excluding hydrogens is 268 g/mol. The second-order valence-corrected chi connectivity index (χ2v) is 6.26. The number of methoxy groups -OCH3 is 2. The topological polar surface area (TPSA) is 81.9 Å². The van der Waals surface area contributed by atoms with Crippen LogP contribution in [0.1, 0.15) is 12.8 Å². The standard InChI is InChI=1S/C12H18N2O4S/c1-17-10-8-11(18-2)12(7-9(10)13)19(15,16)14-5-3-4-6-14/h7-8H,3-6,13H2,1-2H3. The molecule has 1 aromatic rings. The normalized spacial score (nSPS) is 16.5. The largest absolute Gasteiger partial charge is 0.495 e. The minimum Gasteiger partial charge on any atom is -0.495 e. The Kier molecular flexibility index (Phi) is 3.86. The maximum absolute atomic E-state index is 12.5. The fourth-order valence-corrected chi connectivity index (χ4v) is 3.85. The van der Waals surface area contributed by atoms with E-state index in [0.717, 1.165) is 12.8 Å². The van der Waals surface area contributed by atoms with Gasteiger partial charge in [-0.25, -0.2) is 8.42 Å². The smallest absolute Gasteiger partial charge is 0.246 e. The van der Waals surface area contributed by atoms with Crippen LogP contribution in [0.25, 0.3) is 0 Å². The van der Waals surface area contributed by atoms with E-state index in [-0.39, 0.29) is 16.3 Å². The van der Waals surface area contributed by atoms with Gasteiger partial charge in [0.15, 0.2) is 0 Å². The first-order valence-corrected chi connectivity index (χ1v) is 7.46. The number of nitrogens with zero attached hydrogens (tertiary/aromatic N) is 1. The number of nitrogen functional groups attached to an aromatic ring is 1. The van der Waals surface area contributed by atoms with Crippen LogP contribution in [0.2, 0.25) is 0 Å². The molecule has 0 amide bonds. The number of hydrogen-bond acceptors (Lipinski definition) is 5. The van der Waals surface area contributed by atoms with Crippen molar-refractivity contribution in [3.63, 3.8) is 0 Å². The molecule has 0 saturated carbocycles. The zero-order chi connectivity index (χ0) is 14.0. The molecule has 0 radical (unpaired) electrons. The van der Waals surface area contributed by atoms with Crippen molar-refractivity contribution >= 4 is 15.7 Å². The van der Waals surface area contributed by atoms with E-state index in [9.17, 15) is 8.42 Å². The van der Waals surface area contributed by atoms with Gasteiger partial charge in [0.05, 0.1) is 19.9 Å². The lowest BCUT2D eigenvalue weighted by molar-refractivity contribution is 0.384. The highest BCUT2D eigenvalue weighted by atomic mass is 32.2. The summed E-state index contributed by atoms with van der Waals surface area (Å²) in [5, 5.41) is 0. The van der Waals surface area contributed by atoms with E-state index in [1.165, 1.54) is 30.7 Å². The first-order valence-electron chi connectivity index (χ1n) is 6.02. The molecule has 19 heavy (non-hydrogen) atoms. The molecule has 1 aliphatic rings. The summed E-state index contributed by atoms with van der Waals surface area (Å²) in [6, 6.07) is 2.89. The highest BCUT2D eigenvalue weighted by Crippen LogP contribution is 2.35. The van der Waals surface area contributed by atoms with Crippen LogP contribution < -0.4 is 15.2 Å². The van der Waals surface area contributed by atoms with Crippen molar-refractivity contribution in [1.82, 2.24) is 4.31 Å². The second kappa shape index (κ2) is 5.26. The Morgan fingerprint density at radius 1 is 1.11 bits per heavy atom. The number of benzene rings is 1. The van der Waals surface area contributed by atoms with Crippen molar-refractivity contribution in [3.8, 4) is 11.5 Å². The van der Waals surface area contributed by atoms with Crippen molar-refractivity contribution in [2.45, 2.75) is 17.7 Å². The molecule has 0 atom stereocenters. The number of hydrogen-bond donors (Lipinski definition) is 1. The van der Waals surface area contributed by atoms with E-state index >= 15 is 0 Å². The lowest BCUT2D eigenvalue weighted by Crippen LogP contribution is -2.28. The fourth-order valence-electron chi connectivity index (χ4n) is 2.16. The third-order valence-electron chi connectivity index (χ3n) is 3.20. The molecule has 1 aromatic carbocycles. The lowest BCUT2D eigenvalue weighted by Gasteiger charge is -2.18. The van der Waals surface area contributed by atoms with E-state index in [0.29, 0.717) is 18.8 Å². The van der Waals surface area contributed by atoms with Crippen molar-refractivity contribution in [3.05, 3.63) is 12.1 Å². The summed E-state index contributed by atoms with van der Waals surface area (Å²) in [4.78, 5) is 0.0928. The minimum absolute atomic E-state index is 0.0928. The van der Waals surface area contributed by atoms with Crippen LogP contribution in [-0.4, -0.2) is 40.0 Å². The Balaban J connectivity index is 2.51. The Labute approximate surface area is 113 Å². The van der Waals surface area contributed by atoms with Gasteiger partial charge in [-0.1, -0.05) is 0 Å². The molecule has 0 unspecified atom stereocenters. The monoisotopic (exact) mass is 286 g/mol. The molecule has 2 rings (SSSR count). The summed E-state index contributed by atoms with van der Waals surface area (Å²) in [7, 11) is -0.660. The Hall–Kier alpha value is -1.47. The molecule has 0 aliphatic carbocycles. The summed E-state index contributed by atoms with van der Waals surface area (Å²) in [5.41, 5.74) is 6.07. The number of rotatable bonds is 4. The molecule has 6 nitrogen and oxygen atoms in total. The molecule has 0 spiro atoms. The first kappa shape index (κ1) is 14.0. The predicted molar refractivity (Wildman–Crippen MR) is 72.0 cm³/mol. The molecule has 7 heteroatoms. The van der Waals surface area contributed by atoms with Crippen LogP contribution in [0, 0.1) is 0 Å². The average Bonchev–Trinajstić information content (AvgIpc) is 2.93. The molecule has 1 saturated heterocycles. The van der Waals surface area contributed by atoms with Crippen LogP contribution in [0.5, 0.6) is 11.5 Å². The SMILES string of the molecule is COc1cc(OC)c(S(=O)(=O)N2CCCC2)cc1N. The lowest BCUT2D eigenvalue weighted by atomic mass is 10.3. The van der Waals surface area contributed by atoms with Gasteiger partial charge in [0.25, 0.3) is 0 Å². The molecule has 0 bridgehead atoms. The summed E-state index contributed by atoms with van der Waals surface area (Å²) in [5.74, 6) is 0.648. The highest BCUT2D eigenvalue weighted by molar-refractivity contribution is 7.89. The third-order valence-corrected chi connectivity index (χ3v) is 5.12. The van der Waals surface area contributed by atoms with Crippen molar-refractivity contribution in [2.75, 3.05) is 33.0 Å². The van der Waals surface area contributed by atoms with Crippen LogP contribution >= 0.6 is 0 Å². The van der Waals surface area contributed by atoms with Crippen molar-refractivity contribution in [2.24, 2.45) is 0 Å². The summed E-state index contributed by atoms with van der Waals surface area (Å²) < 4.78 is 36.7. The zero-order valence-corrected chi connectivity index (χ0v) is 11.9. The number of sulfonamides is 1. The van der Waals surface area contributed by atoms with E-state index < -0.39 is 10.0 Å². The number of nitrogens with two attached hydrogens (primary N) is 1. The number of ether oxygens (including phenoxy) is 2. The van der Waals surface area contributed by atoms with Gasteiger partial charge in [0.1, 0.15) is 16.4 Å². The van der Waals surface area contributed by atoms with E-state index in [4.69, 9.17) is 15.2 Å². The zero-order valence-electron chi connectivity index (χ0n) is 11.0. The Morgan fingerprint density at radius 3 is 2.21 bits per heavy atom. The quantitative estimate of drug-likeness (QED) is 0.837. The molecule has 1 heterocycles. The molecule has 2 N–H and O–H groups in total. The Morgan fingerprint density at radius 2 is 1.68 bits per heavy atom. The maximum atomic E-state index is 12.5. The molecule has 1 aliphatic heterocycles. The fraction of sp³-hybridized carbons (Fsp3) is 0.500. The van der Waals surface area contributed by atoms with Gasteiger partial charge in [-0.15, -0.1) is 0 Å². The van der Waals surface area contributed by atoms with Gasteiger partial charge in [-0.05, 0) is 18.9 Å². The third kappa shape index (κ3) is 2.48. The summed E-state index contributed by atoms with van der Waals surface area (Å²) in [6.45, 7) is 1.08. The van der Waals surface area contributed by atoms with Crippen LogP contribution in [-0.2, 0) is 10.0 Å².